The lowest BCUT2D eigenvalue weighted by atomic mass is 9.96. The molecule has 0 unspecified atom stereocenters. The number of Topliss-reactive ketones (excluding diaryl/α,β-unsaturated/α-hetero) is 1. The Balaban J connectivity index is 2.36. The molecule has 0 heterocycles. The molecule has 0 bridgehead atoms. The lowest BCUT2D eigenvalue weighted by Gasteiger charge is -2.13. The molecule has 0 radical (unpaired) electrons. The number of fused-ring (bicyclic) bond motifs is 1. The minimum absolute atomic E-state index is 0.0742. The number of halogens is 1. The zero-order valence-electron chi connectivity index (χ0n) is 12.5. The number of ketones is 1. The van der Waals surface area contributed by atoms with E-state index in [-0.39, 0.29) is 11.4 Å². The first kappa shape index (κ1) is 15.1. The number of ether oxygens (including phenoxy) is 2. The first-order valence-electron chi connectivity index (χ1n) is 6.82. The Morgan fingerprint density at radius 3 is 2.04 bits per heavy atom. The van der Waals surface area contributed by atoms with E-state index in [1.54, 1.807) is 36.4 Å². The van der Waals surface area contributed by atoms with Gasteiger partial charge in [-0.05, 0) is 29.8 Å². The maximum atomic E-state index is 12.7. The summed E-state index contributed by atoms with van der Waals surface area (Å²) in [6, 6.07) is 12.4. The number of nitrogens with zero attached hydrogens (tertiary/aromatic N) is 1. The summed E-state index contributed by atoms with van der Waals surface area (Å²) in [4.78, 5) is 12.7. The van der Waals surface area contributed by atoms with Crippen molar-refractivity contribution in [2.75, 3.05) is 14.2 Å². The number of hydrogen-bond donors (Lipinski definition) is 0. The first-order chi connectivity index (χ1) is 11.1. The molecule has 0 amide bonds. The Labute approximate surface area is 138 Å². The normalized spacial score (nSPS) is 12.9. The van der Waals surface area contributed by atoms with Crippen LogP contribution < -0.4 is 9.47 Å². The summed E-state index contributed by atoms with van der Waals surface area (Å²) in [5, 5.41) is 10.1. The maximum Gasteiger partial charge on any atom is 0.208 e. The van der Waals surface area contributed by atoms with Gasteiger partial charge in [0.2, 0.25) is 5.78 Å². The summed E-state index contributed by atoms with van der Waals surface area (Å²) in [6.07, 6.45) is 0. The number of carbonyl (C=O) groups is 1. The molecule has 0 atom stereocenters. The fourth-order valence-electron chi connectivity index (χ4n) is 2.75. The molecule has 0 aliphatic heterocycles. The van der Waals surface area contributed by atoms with E-state index in [9.17, 15) is 10.1 Å². The molecular weight excluding hydrogens is 314 g/mol. The lowest BCUT2D eigenvalue weighted by molar-refractivity contribution is 0.103. The van der Waals surface area contributed by atoms with Crippen LogP contribution in [0.5, 0.6) is 11.5 Å². The van der Waals surface area contributed by atoms with Gasteiger partial charge >= 0.3 is 0 Å². The fraction of sp³-hybridized carbons (Fsp3) is 0.111. The van der Waals surface area contributed by atoms with Gasteiger partial charge in [0, 0.05) is 16.2 Å². The van der Waals surface area contributed by atoms with Crippen molar-refractivity contribution in [3.63, 3.8) is 0 Å². The molecule has 2 aromatic carbocycles. The number of carbonyl (C=O) groups excluding carboxylic acids is 1. The number of hydrogen-bond acceptors (Lipinski definition) is 4. The van der Waals surface area contributed by atoms with Crippen molar-refractivity contribution in [2.45, 2.75) is 0 Å². The topological polar surface area (TPSA) is 59.3 Å². The van der Waals surface area contributed by atoms with Gasteiger partial charge in [-0.25, -0.2) is 0 Å². The van der Waals surface area contributed by atoms with Crippen molar-refractivity contribution in [1.82, 2.24) is 0 Å². The minimum Gasteiger partial charge on any atom is -0.496 e. The summed E-state index contributed by atoms with van der Waals surface area (Å²) < 4.78 is 10.7. The van der Waals surface area contributed by atoms with Gasteiger partial charge in [0.25, 0.3) is 0 Å². The number of methoxy groups -OCH3 is 2. The van der Waals surface area contributed by atoms with E-state index in [1.807, 2.05) is 6.07 Å². The van der Waals surface area contributed by atoms with E-state index >= 15 is 0 Å². The summed E-state index contributed by atoms with van der Waals surface area (Å²) in [6.45, 7) is 0. The highest BCUT2D eigenvalue weighted by molar-refractivity contribution is 6.31. The molecule has 0 aromatic heterocycles. The Hall–Kier alpha value is -2.77. The van der Waals surface area contributed by atoms with Crippen LogP contribution in [0, 0.1) is 11.3 Å². The van der Waals surface area contributed by atoms with Crippen LogP contribution in [0.1, 0.15) is 21.5 Å². The predicted molar refractivity (Wildman–Crippen MR) is 87.0 cm³/mol. The molecule has 4 nitrogen and oxygen atoms in total. The van der Waals surface area contributed by atoms with Gasteiger partial charge in [0.05, 0.1) is 19.8 Å². The molecule has 23 heavy (non-hydrogen) atoms. The highest BCUT2D eigenvalue weighted by Crippen LogP contribution is 2.46. The van der Waals surface area contributed by atoms with Crippen molar-refractivity contribution in [3.05, 3.63) is 63.7 Å². The summed E-state index contributed by atoms with van der Waals surface area (Å²) in [5.41, 5.74) is 2.28. The van der Waals surface area contributed by atoms with Crippen molar-refractivity contribution in [2.24, 2.45) is 0 Å². The number of benzene rings is 2. The predicted octanol–water partition coefficient (Wildman–Crippen LogP) is 3.88. The highest BCUT2D eigenvalue weighted by atomic mass is 35.5. The zero-order chi connectivity index (χ0) is 16.6. The van der Waals surface area contributed by atoms with Gasteiger partial charge in [0.15, 0.2) is 0 Å². The monoisotopic (exact) mass is 325 g/mol. The lowest BCUT2D eigenvalue weighted by Crippen LogP contribution is -2.01. The van der Waals surface area contributed by atoms with Crippen molar-refractivity contribution in [1.29, 1.82) is 5.26 Å². The Kier molecular flexibility index (Phi) is 3.81. The molecule has 0 spiro atoms. The minimum atomic E-state index is -0.358. The molecule has 0 fully saturated rings. The van der Waals surface area contributed by atoms with E-state index < -0.39 is 0 Å². The molecular formula is C18H12ClNO3. The van der Waals surface area contributed by atoms with Crippen LogP contribution in [0.15, 0.2) is 42.0 Å². The third-order valence-corrected chi connectivity index (χ3v) is 4.02. The quantitative estimate of drug-likeness (QED) is 0.859. The standard InChI is InChI=1S/C18H12ClNO3/c1-22-13-7-8-14(23-2)17-16(13)15(12(9-20)18(17)21)10-3-5-11(19)6-4-10/h3-8H,1-2H3. The van der Waals surface area contributed by atoms with E-state index in [2.05, 4.69) is 0 Å². The molecule has 0 saturated carbocycles. The zero-order valence-corrected chi connectivity index (χ0v) is 13.3. The summed E-state index contributed by atoms with van der Waals surface area (Å²) in [5.74, 6) is 0.579. The molecule has 0 saturated heterocycles. The Morgan fingerprint density at radius 1 is 0.957 bits per heavy atom. The molecule has 0 N–H and O–H groups in total. The third kappa shape index (κ3) is 2.26. The van der Waals surface area contributed by atoms with Crippen LogP contribution >= 0.6 is 11.6 Å². The van der Waals surface area contributed by atoms with Gasteiger partial charge in [-0.2, -0.15) is 5.26 Å². The van der Waals surface area contributed by atoms with Crippen LogP contribution in [0.25, 0.3) is 5.57 Å². The second-order valence-electron chi connectivity index (χ2n) is 4.92. The van der Waals surface area contributed by atoms with Gasteiger partial charge in [-0.15, -0.1) is 0 Å². The summed E-state index contributed by atoms with van der Waals surface area (Å²) >= 11 is 5.93. The van der Waals surface area contributed by atoms with Gasteiger partial charge in [0.1, 0.15) is 23.1 Å². The smallest absolute Gasteiger partial charge is 0.208 e. The first-order valence-corrected chi connectivity index (χ1v) is 7.20. The molecule has 114 valence electrons. The van der Waals surface area contributed by atoms with E-state index in [0.29, 0.717) is 33.2 Å². The average Bonchev–Trinajstić information content (AvgIpc) is 2.88. The van der Waals surface area contributed by atoms with Crippen LogP contribution in [-0.2, 0) is 0 Å². The average molecular weight is 326 g/mol. The van der Waals surface area contributed by atoms with E-state index in [0.717, 1.165) is 5.56 Å². The van der Waals surface area contributed by atoms with Gasteiger partial charge < -0.3 is 9.47 Å². The fourth-order valence-corrected chi connectivity index (χ4v) is 2.88. The van der Waals surface area contributed by atoms with E-state index in [4.69, 9.17) is 21.1 Å². The van der Waals surface area contributed by atoms with Crippen LogP contribution in [0.4, 0.5) is 0 Å². The van der Waals surface area contributed by atoms with Crippen LogP contribution in [0.3, 0.4) is 0 Å². The second-order valence-corrected chi connectivity index (χ2v) is 5.35. The van der Waals surface area contributed by atoms with Gasteiger partial charge in [-0.1, -0.05) is 23.7 Å². The maximum absolute atomic E-state index is 12.7. The van der Waals surface area contributed by atoms with Crippen LogP contribution in [0.2, 0.25) is 5.02 Å². The highest BCUT2D eigenvalue weighted by Gasteiger charge is 2.36. The molecule has 3 rings (SSSR count). The molecule has 1 aliphatic carbocycles. The number of allylic oxidation sites excluding steroid dienone is 1. The molecule has 2 aromatic rings. The van der Waals surface area contributed by atoms with Crippen molar-refractivity contribution < 1.29 is 14.3 Å². The SMILES string of the molecule is COc1ccc(OC)c2c1C(=O)C(C#N)=C2c1ccc(Cl)cc1. The summed E-state index contributed by atoms with van der Waals surface area (Å²) in [7, 11) is 3.01. The van der Waals surface area contributed by atoms with Crippen LogP contribution in [-0.4, -0.2) is 20.0 Å². The second kappa shape index (κ2) is 5.79. The number of nitriles is 1. The van der Waals surface area contributed by atoms with Crippen molar-refractivity contribution >= 4 is 23.0 Å². The molecule has 1 aliphatic rings. The van der Waals surface area contributed by atoms with E-state index in [1.165, 1.54) is 14.2 Å². The Morgan fingerprint density at radius 2 is 1.52 bits per heavy atom. The largest absolute Gasteiger partial charge is 0.496 e. The third-order valence-electron chi connectivity index (χ3n) is 3.77. The molecule has 5 heteroatoms. The van der Waals surface area contributed by atoms with Crippen molar-refractivity contribution in [3.8, 4) is 17.6 Å². The van der Waals surface area contributed by atoms with Gasteiger partial charge in [-0.3, -0.25) is 4.79 Å². The Bertz CT molecular complexity index is 876. The number of rotatable bonds is 3.